The number of ketones is 1. The highest BCUT2D eigenvalue weighted by atomic mass is 16.3. The predicted molar refractivity (Wildman–Crippen MR) is 110 cm³/mol. The van der Waals surface area contributed by atoms with Crippen LogP contribution in [0.4, 0.5) is 0 Å². The van der Waals surface area contributed by atoms with E-state index in [2.05, 4.69) is 55.5 Å². The van der Waals surface area contributed by atoms with E-state index in [-0.39, 0.29) is 5.78 Å². The molecule has 0 spiro atoms. The molecule has 0 aromatic rings. The van der Waals surface area contributed by atoms with Crippen LogP contribution in [0.2, 0.25) is 0 Å². The number of rotatable bonds is 14. The standard InChI is InChI=1S/C23H34O2/c1-3-4-5-6-10-14-17-20-23(25)21-18-15-12-9-7-8-11-13-16-19-22(2)24/h4-5,7,9-11,13-15,17-18,20,23,25H,3,6,8,12,16,19,21H2,1-2H3/b5-4-,9-7-,13-11-,14-10-,18-15-,20-17+. The minimum atomic E-state index is -0.430. The van der Waals surface area contributed by atoms with Crippen molar-refractivity contribution in [3.05, 3.63) is 72.9 Å². The van der Waals surface area contributed by atoms with Gasteiger partial charge in [-0.1, -0.05) is 79.8 Å². The molecule has 2 nitrogen and oxygen atoms in total. The lowest BCUT2D eigenvalue weighted by Crippen LogP contribution is -1.98. The van der Waals surface area contributed by atoms with Gasteiger partial charge in [-0.3, -0.25) is 0 Å². The number of allylic oxidation sites excluding steroid dienone is 10. The Bertz CT molecular complexity index is 490. The molecule has 0 amide bonds. The maximum atomic E-state index is 10.8. The van der Waals surface area contributed by atoms with E-state index < -0.39 is 6.10 Å². The second kappa shape index (κ2) is 18.4. The van der Waals surface area contributed by atoms with Gasteiger partial charge in [-0.15, -0.1) is 0 Å². The number of hydrogen-bond donors (Lipinski definition) is 1. The molecule has 1 atom stereocenters. The molecule has 25 heavy (non-hydrogen) atoms. The summed E-state index contributed by atoms with van der Waals surface area (Å²) in [6.45, 7) is 3.74. The molecular weight excluding hydrogens is 308 g/mol. The third-order valence-corrected chi connectivity index (χ3v) is 3.34. The van der Waals surface area contributed by atoms with Crippen LogP contribution >= 0.6 is 0 Å². The molecule has 0 bridgehead atoms. The van der Waals surface area contributed by atoms with E-state index in [4.69, 9.17) is 0 Å². The van der Waals surface area contributed by atoms with Crippen LogP contribution in [0.25, 0.3) is 0 Å². The fourth-order valence-corrected chi connectivity index (χ4v) is 1.95. The zero-order chi connectivity index (χ0) is 18.6. The van der Waals surface area contributed by atoms with Crippen LogP contribution in [-0.2, 0) is 4.79 Å². The molecule has 0 saturated carbocycles. The van der Waals surface area contributed by atoms with Crippen molar-refractivity contribution in [1.82, 2.24) is 0 Å². The van der Waals surface area contributed by atoms with Gasteiger partial charge in [0.1, 0.15) is 5.78 Å². The fourth-order valence-electron chi connectivity index (χ4n) is 1.95. The number of aliphatic hydroxyl groups is 1. The third kappa shape index (κ3) is 20.0. The molecule has 0 aliphatic carbocycles. The van der Waals surface area contributed by atoms with Crippen LogP contribution in [0.15, 0.2) is 72.9 Å². The Hall–Kier alpha value is -1.93. The molecule has 0 heterocycles. The van der Waals surface area contributed by atoms with Crippen LogP contribution in [0.3, 0.4) is 0 Å². The number of aliphatic hydroxyl groups excluding tert-OH is 1. The van der Waals surface area contributed by atoms with Gasteiger partial charge in [-0.25, -0.2) is 0 Å². The van der Waals surface area contributed by atoms with E-state index in [9.17, 15) is 9.90 Å². The lowest BCUT2D eigenvalue weighted by Gasteiger charge is -1.98. The summed E-state index contributed by atoms with van der Waals surface area (Å²) in [5.74, 6) is 0.238. The summed E-state index contributed by atoms with van der Waals surface area (Å²) in [5, 5.41) is 9.82. The Balaban J connectivity index is 3.70. The first-order chi connectivity index (χ1) is 12.2. The van der Waals surface area contributed by atoms with Gasteiger partial charge in [0.15, 0.2) is 0 Å². The summed E-state index contributed by atoms with van der Waals surface area (Å²) in [4.78, 5) is 10.8. The van der Waals surface area contributed by atoms with E-state index in [0.717, 1.165) is 32.1 Å². The van der Waals surface area contributed by atoms with Crippen molar-refractivity contribution in [3.63, 3.8) is 0 Å². The third-order valence-electron chi connectivity index (χ3n) is 3.34. The highest BCUT2D eigenvalue weighted by Crippen LogP contribution is 1.99. The first-order valence-electron chi connectivity index (χ1n) is 9.27. The highest BCUT2D eigenvalue weighted by Gasteiger charge is 1.92. The van der Waals surface area contributed by atoms with Crippen LogP contribution in [0.5, 0.6) is 0 Å². The summed E-state index contributed by atoms with van der Waals surface area (Å²) in [6, 6.07) is 0. The van der Waals surface area contributed by atoms with E-state index in [1.165, 1.54) is 0 Å². The van der Waals surface area contributed by atoms with Crippen molar-refractivity contribution in [2.24, 2.45) is 0 Å². The molecular formula is C23H34O2. The molecule has 0 saturated heterocycles. The van der Waals surface area contributed by atoms with Crippen LogP contribution in [0, 0.1) is 0 Å². The number of Topliss-reactive ketones (excluding diaryl/α,β-unsaturated/α-hetero) is 1. The van der Waals surface area contributed by atoms with E-state index in [1.54, 1.807) is 6.92 Å². The highest BCUT2D eigenvalue weighted by molar-refractivity contribution is 5.75. The number of hydrogen-bond acceptors (Lipinski definition) is 2. The Kier molecular flexibility index (Phi) is 17.0. The molecule has 0 aliphatic heterocycles. The SMILES string of the molecule is CC/C=C\C/C=C\C=C\C(O)C/C=C\C/C=C\C/C=C\CCC(C)=O. The van der Waals surface area contributed by atoms with Gasteiger partial charge in [0, 0.05) is 6.42 Å². The monoisotopic (exact) mass is 342 g/mol. The maximum Gasteiger partial charge on any atom is 0.130 e. The van der Waals surface area contributed by atoms with E-state index in [0.29, 0.717) is 12.8 Å². The summed E-state index contributed by atoms with van der Waals surface area (Å²) >= 11 is 0. The normalized spacial score (nSPS) is 14.4. The molecule has 0 aromatic heterocycles. The number of carbonyl (C=O) groups excluding carboxylic acids is 1. The molecule has 0 fully saturated rings. The van der Waals surface area contributed by atoms with Crippen molar-refractivity contribution < 1.29 is 9.90 Å². The van der Waals surface area contributed by atoms with Crippen molar-refractivity contribution in [1.29, 1.82) is 0 Å². The summed E-state index contributed by atoms with van der Waals surface area (Å²) < 4.78 is 0. The topological polar surface area (TPSA) is 37.3 Å². The van der Waals surface area contributed by atoms with Crippen molar-refractivity contribution >= 4 is 5.78 Å². The molecule has 138 valence electrons. The minimum absolute atomic E-state index is 0.238. The first kappa shape index (κ1) is 23.1. The molecule has 0 radical (unpaired) electrons. The van der Waals surface area contributed by atoms with E-state index >= 15 is 0 Å². The van der Waals surface area contributed by atoms with Gasteiger partial charge in [-0.2, -0.15) is 0 Å². The van der Waals surface area contributed by atoms with Gasteiger partial charge in [0.05, 0.1) is 6.10 Å². The lowest BCUT2D eigenvalue weighted by molar-refractivity contribution is -0.116. The first-order valence-corrected chi connectivity index (χ1v) is 9.27. The zero-order valence-electron chi connectivity index (χ0n) is 15.8. The van der Waals surface area contributed by atoms with E-state index in [1.807, 2.05) is 24.3 Å². The quantitative estimate of drug-likeness (QED) is 0.309. The van der Waals surface area contributed by atoms with Gasteiger partial charge >= 0.3 is 0 Å². The van der Waals surface area contributed by atoms with Gasteiger partial charge in [0.25, 0.3) is 0 Å². The van der Waals surface area contributed by atoms with Gasteiger partial charge in [-0.05, 0) is 45.4 Å². The second-order valence-corrected chi connectivity index (χ2v) is 5.86. The minimum Gasteiger partial charge on any atom is -0.389 e. The molecule has 0 aliphatic rings. The smallest absolute Gasteiger partial charge is 0.130 e. The molecule has 1 unspecified atom stereocenters. The zero-order valence-corrected chi connectivity index (χ0v) is 15.8. The maximum absolute atomic E-state index is 10.8. The average Bonchev–Trinajstić information content (AvgIpc) is 2.58. The average molecular weight is 343 g/mol. The van der Waals surface area contributed by atoms with Crippen molar-refractivity contribution in [2.75, 3.05) is 0 Å². The van der Waals surface area contributed by atoms with Crippen molar-refractivity contribution in [3.8, 4) is 0 Å². The van der Waals surface area contributed by atoms with Gasteiger partial charge in [0.2, 0.25) is 0 Å². The van der Waals surface area contributed by atoms with Crippen LogP contribution < -0.4 is 0 Å². The predicted octanol–water partition coefficient (Wildman–Crippen LogP) is 6.02. The Morgan fingerprint density at radius 2 is 1.44 bits per heavy atom. The van der Waals surface area contributed by atoms with Crippen LogP contribution in [-0.4, -0.2) is 17.0 Å². The summed E-state index contributed by atoms with van der Waals surface area (Å²) in [7, 11) is 0. The molecule has 2 heteroatoms. The molecule has 0 aromatic carbocycles. The molecule has 1 N–H and O–H groups in total. The fraction of sp³-hybridized carbons (Fsp3) is 0.435. The Morgan fingerprint density at radius 3 is 2.12 bits per heavy atom. The molecule has 0 rings (SSSR count). The second-order valence-electron chi connectivity index (χ2n) is 5.86. The summed E-state index contributed by atoms with van der Waals surface area (Å²) in [5.41, 5.74) is 0. The Labute approximate surface area is 154 Å². The van der Waals surface area contributed by atoms with Gasteiger partial charge < -0.3 is 9.90 Å². The number of carbonyl (C=O) groups is 1. The largest absolute Gasteiger partial charge is 0.389 e. The lowest BCUT2D eigenvalue weighted by atomic mass is 10.2. The summed E-state index contributed by atoms with van der Waals surface area (Å²) in [6.07, 6.45) is 29.9. The Morgan fingerprint density at radius 1 is 0.840 bits per heavy atom. The van der Waals surface area contributed by atoms with Crippen molar-refractivity contribution in [2.45, 2.75) is 64.9 Å². The van der Waals surface area contributed by atoms with Crippen LogP contribution in [0.1, 0.15) is 58.8 Å².